The van der Waals surface area contributed by atoms with Gasteiger partial charge in [0.05, 0.1) is 6.61 Å². The summed E-state index contributed by atoms with van der Waals surface area (Å²) in [4.78, 5) is 19.4. The summed E-state index contributed by atoms with van der Waals surface area (Å²) in [6, 6.07) is 5.74. The number of halogens is 1. The third kappa shape index (κ3) is 4.60. The van der Waals surface area contributed by atoms with E-state index in [0.717, 1.165) is 30.8 Å². The Morgan fingerprint density at radius 2 is 2.20 bits per heavy atom. The van der Waals surface area contributed by atoms with E-state index in [1.165, 1.54) is 0 Å². The number of ether oxygens (including phenoxy) is 1. The molecule has 4 rings (SSSR count). The zero-order valence-electron chi connectivity index (χ0n) is 17.1. The van der Waals surface area contributed by atoms with Crippen LogP contribution >= 0.6 is 12.4 Å². The van der Waals surface area contributed by atoms with Gasteiger partial charge in [0.15, 0.2) is 17.3 Å². The summed E-state index contributed by atoms with van der Waals surface area (Å²) in [6.45, 7) is 7.02. The number of hydrogen-bond acceptors (Lipinski definition) is 8. The first-order valence-electron chi connectivity index (χ1n) is 9.64. The molecule has 1 saturated heterocycles. The van der Waals surface area contributed by atoms with Crippen molar-refractivity contribution in [2.45, 2.75) is 19.9 Å². The molecule has 3 aromatic heterocycles. The van der Waals surface area contributed by atoms with Crippen LogP contribution in [0, 0.1) is 0 Å². The number of aromatic nitrogens is 5. The van der Waals surface area contributed by atoms with Crippen LogP contribution in [0.1, 0.15) is 24.2 Å². The zero-order chi connectivity index (χ0) is 20.4. The molecule has 3 aromatic rings. The molecule has 4 heterocycles. The Hall–Kier alpha value is -2.98. The molecule has 11 heteroatoms. The van der Waals surface area contributed by atoms with Crippen molar-refractivity contribution in [3.63, 3.8) is 0 Å². The topological polar surface area (TPSA) is 110 Å². The number of carbonyl (C=O) groups is 1. The van der Waals surface area contributed by atoms with Gasteiger partial charge in [0, 0.05) is 44.3 Å². The molecule has 1 atom stereocenters. The van der Waals surface area contributed by atoms with E-state index in [-0.39, 0.29) is 24.2 Å². The molecule has 1 aliphatic heterocycles. The van der Waals surface area contributed by atoms with Crippen molar-refractivity contribution < 1.29 is 9.53 Å². The minimum Gasteiger partial charge on any atom is -0.477 e. The highest BCUT2D eigenvalue weighted by Gasteiger charge is 2.19. The van der Waals surface area contributed by atoms with Crippen LogP contribution in [0.15, 0.2) is 24.4 Å². The normalized spacial score (nSPS) is 16.2. The van der Waals surface area contributed by atoms with Gasteiger partial charge in [0.2, 0.25) is 5.88 Å². The molecule has 160 valence electrons. The Labute approximate surface area is 180 Å². The van der Waals surface area contributed by atoms with E-state index < -0.39 is 0 Å². The fourth-order valence-electron chi connectivity index (χ4n) is 3.35. The smallest absolute Gasteiger partial charge is 0.262 e. The van der Waals surface area contributed by atoms with Crippen molar-refractivity contribution in [2.24, 2.45) is 7.05 Å². The molecule has 0 saturated carbocycles. The summed E-state index contributed by atoms with van der Waals surface area (Å²) in [6.07, 6.45) is 1.80. The molecule has 1 amide bonds. The molecular weight excluding hydrogens is 408 g/mol. The first kappa shape index (κ1) is 21.7. The number of anilines is 2. The molecule has 0 spiro atoms. The first-order valence-corrected chi connectivity index (χ1v) is 9.64. The molecule has 30 heavy (non-hydrogen) atoms. The lowest BCUT2D eigenvalue weighted by Crippen LogP contribution is -2.49. The second-order valence-electron chi connectivity index (χ2n) is 7.02. The minimum atomic E-state index is -0.357. The second kappa shape index (κ2) is 9.23. The first-order chi connectivity index (χ1) is 14.0. The standard InChI is InChI=1S/C19H24N8O2.ClH/c1-4-29-19-14(9-13-11-26(3)25-17(13)22-19)18(28)21-15-5-6-16(24-23-15)27-8-7-20-12(2)10-27;/h5-6,9,11-12,20H,4,7-8,10H2,1-3H3,(H,21,23,28);1H. The summed E-state index contributed by atoms with van der Waals surface area (Å²) >= 11 is 0. The fraction of sp³-hybridized carbons (Fsp3) is 0.421. The third-order valence-electron chi connectivity index (χ3n) is 4.68. The third-order valence-corrected chi connectivity index (χ3v) is 4.68. The average Bonchev–Trinajstić information content (AvgIpc) is 3.07. The summed E-state index contributed by atoms with van der Waals surface area (Å²) in [7, 11) is 1.80. The number of fused-ring (bicyclic) bond motifs is 1. The molecular formula is C19H25ClN8O2. The van der Waals surface area contributed by atoms with Crippen LogP contribution in [-0.2, 0) is 7.05 Å². The molecule has 0 aliphatic carbocycles. The van der Waals surface area contributed by atoms with Crippen molar-refractivity contribution >= 4 is 41.0 Å². The van der Waals surface area contributed by atoms with Gasteiger partial charge < -0.3 is 20.3 Å². The summed E-state index contributed by atoms with van der Waals surface area (Å²) in [5.74, 6) is 1.06. The van der Waals surface area contributed by atoms with Gasteiger partial charge in [0.1, 0.15) is 5.56 Å². The van der Waals surface area contributed by atoms with Crippen molar-refractivity contribution in [1.29, 1.82) is 0 Å². The largest absolute Gasteiger partial charge is 0.477 e. The Kier molecular flexibility index (Phi) is 6.68. The summed E-state index contributed by atoms with van der Waals surface area (Å²) in [5, 5.41) is 19.6. The highest BCUT2D eigenvalue weighted by atomic mass is 35.5. The number of nitrogens with zero attached hydrogens (tertiary/aromatic N) is 6. The fourth-order valence-corrected chi connectivity index (χ4v) is 3.35. The van der Waals surface area contributed by atoms with E-state index in [0.29, 0.717) is 29.7 Å². The molecule has 0 radical (unpaired) electrons. The van der Waals surface area contributed by atoms with Gasteiger partial charge in [-0.05, 0) is 32.0 Å². The van der Waals surface area contributed by atoms with Crippen LogP contribution in [0.3, 0.4) is 0 Å². The summed E-state index contributed by atoms with van der Waals surface area (Å²) < 4.78 is 7.20. The molecule has 2 N–H and O–H groups in total. The number of hydrogen-bond donors (Lipinski definition) is 2. The van der Waals surface area contributed by atoms with Crippen LogP contribution in [0.25, 0.3) is 11.0 Å². The van der Waals surface area contributed by atoms with Gasteiger partial charge in [-0.3, -0.25) is 9.48 Å². The Balaban J connectivity index is 0.00000256. The van der Waals surface area contributed by atoms with Gasteiger partial charge in [-0.1, -0.05) is 0 Å². The van der Waals surface area contributed by atoms with Gasteiger partial charge in [0.25, 0.3) is 5.91 Å². The Morgan fingerprint density at radius 1 is 1.37 bits per heavy atom. The summed E-state index contributed by atoms with van der Waals surface area (Å²) in [5.41, 5.74) is 0.857. The zero-order valence-corrected chi connectivity index (χ0v) is 17.9. The number of carbonyl (C=O) groups excluding carboxylic acids is 1. The maximum atomic E-state index is 12.8. The number of rotatable bonds is 5. The lowest BCUT2D eigenvalue weighted by atomic mass is 10.2. The number of aryl methyl sites for hydroxylation is 1. The Bertz CT molecular complexity index is 1020. The lowest BCUT2D eigenvalue weighted by Gasteiger charge is -2.32. The predicted octanol–water partition coefficient (Wildman–Crippen LogP) is 1.63. The minimum absolute atomic E-state index is 0. The van der Waals surface area contributed by atoms with Crippen molar-refractivity contribution in [1.82, 2.24) is 30.3 Å². The lowest BCUT2D eigenvalue weighted by molar-refractivity contribution is 0.102. The number of piperazine rings is 1. The quantitative estimate of drug-likeness (QED) is 0.626. The average molecular weight is 433 g/mol. The van der Waals surface area contributed by atoms with Crippen LogP contribution in [0.4, 0.5) is 11.6 Å². The molecule has 1 unspecified atom stereocenters. The maximum absolute atomic E-state index is 12.8. The van der Waals surface area contributed by atoms with Crippen molar-refractivity contribution in [2.75, 3.05) is 36.5 Å². The highest BCUT2D eigenvalue weighted by Crippen LogP contribution is 2.23. The van der Waals surface area contributed by atoms with E-state index in [2.05, 4.69) is 42.7 Å². The van der Waals surface area contributed by atoms with E-state index in [4.69, 9.17) is 4.74 Å². The number of pyridine rings is 1. The molecule has 0 bridgehead atoms. The van der Waals surface area contributed by atoms with Gasteiger partial charge in [-0.2, -0.15) is 10.1 Å². The van der Waals surface area contributed by atoms with Gasteiger partial charge in [-0.25, -0.2) is 0 Å². The maximum Gasteiger partial charge on any atom is 0.262 e. The van der Waals surface area contributed by atoms with E-state index in [9.17, 15) is 4.79 Å². The number of nitrogens with one attached hydrogen (secondary N) is 2. The van der Waals surface area contributed by atoms with Crippen LogP contribution in [0.2, 0.25) is 0 Å². The monoisotopic (exact) mass is 432 g/mol. The van der Waals surface area contributed by atoms with E-state index >= 15 is 0 Å². The molecule has 10 nitrogen and oxygen atoms in total. The van der Waals surface area contributed by atoms with Gasteiger partial charge >= 0.3 is 0 Å². The Morgan fingerprint density at radius 3 is 2.90 bits per heavy atom. The molecule has 1 aliphatic rings. The molecule has 1 fully saturated rings. The molecule has 0 aromatic carbocycles. The highest BCUT2D eigenvalue weighted by molar-refractivity contribution is 6.07. The number of amides is 1. The van der Waals surface area contributed by atoms with Crippen molar-refractivity contribution in [3.05, 3.63) is 30.0 Å². The van der Waals surface area contributed by atoms with Crippen LogP contribution in [0.5, 0.6) is 5.88 Å². The van der Waals surface area contributed by atoms with E-state index in [1.807, 2.05) is 13.0 Å². The SMILES string of the molecule is CCOc1nc2nn(C)cc2cc1C(=O)Nc1ccc(N2CCNC(C)C2)nn1.Cl. The van der Waals surface area contributed by atoms with E-state index in [1.54, 1.807) is 30.1 Å². The van der Waals surface area contributed by atoms with Crippen molar-refractivity contribution in [3.8, 4) is 5.88 Å². The van der Waals surface area contributed by atoms with Crippen LogP contribution < -0.4 is 20.3 Å². The second-order valence-corrected chi connectivity index (χ2v) is 7.02. The van der Waals surface area contributed by atoms with Crippen LogP contribution in [-0.4, -0.2) is 63.2 Å². The van der Waals surface area contributed by atoms with Gasteiger partial charge in [-0.15, -0.1) is 22.6 Å². The predicted molar refractivity (Wildman–Crippen MR) is 117 cm³/mol.